The van der Waals surface area contributed by atoms with E-state index in [0.29, 0.717) is 0 Å². The lowest BCUT2D eigenvalue weighted by Crippen LogP contribution is -2.15. The molecule has 0 saturated heterocycles. The van der Waals surface area contributed by atoms with Gasteiger partial charge in [0.15, 0.2) is 0 Å². The normalized spacial score (nSPS) is 13.2. The van der Waals surface area contributed by atoms with Crippen LogP contribution in [0, 0.1) is 0 Å². The number of benzene rings is 6. The van der Waals surface area contributed by atoms with Gasteiger partial charge in [0.1, 0.15) is 0 Å². The maximum absolute atomic E-state index is 2.42. The number of hydrogen-bond acceptors (Lipinski definition) is 1. The van der Waals surface area contributed by atoms with E-state index < -0.39 is 0 Å². The fraction of sp³-hybridized carbons (Fsp3) is 0.0732. The lowest BCUT2D eigenvalue weighted by atomic mass is 9.80. The van der Waals surface area contributed by atoms with Gasteiger partial charge in [0.05, 0.1) is 0 Å². The van der Waals surface area contributed by atoms with Gasteiger partial charge in [-0.15, -0.1) is 11.3 Å². The second-order valence-electron chi connectivity index (χ2n) is 11.8. The first-order valence-electron chi connectivity index (χ1n) is 14.6. The molecule has 0 N–H and O–H groups in total. The molecule has 1 aliphatic rings. The van der Waals surface area contributed by atoms with Gasteiger partial charge in [-0.3, -0.25) is 0 Å². The summed E-state index contributed by atoms with van der Waals surface area (Å²) < 4.78 is 0. The third-order valence-corrected chi connectivity index (χ3v) is 10.1. The summed E-state index contributed by atoms with van der Waals surface area (Å²) >= 11 is 1.85. The van der Waals surface area contributed by atoms with E-state index in [2.05, 4.69) is 159 Å². The molecule has 0 amide bonds. The highest BCUT2D eigenvalue weighted by Gasteiger charge is 2.35. The Morgan fingerprint density at radius 2 is 0.905 bits per heavy atom. The zero-order valence-corrected chi connectivity index (χ0v) is 24.6. The molecule has 0 spiro atoms. The molecule has 0 unspecified atom stereocenters. The molecular weight excluding hydrogens is 525 g/mol. The Bertz CT molecular complexity index is 2110. The average molecular weight is 555 g/mol. The third-order valence-electron chi connectivity index (χ3n) is 8.90. The molecule has 0 fully saturated rings. The number of rotatable bonds is 4. The maximum Gasteiger partial charge on any atom is 0.0349 e. The zero-order valence-electron chi connectivity index (χ0n) is 23.8. The van der Waals surface area contributed by atoms with Crippen LogP contribution in [0.25, 0.3) is 65.0 Å². The summed E-state index contributed by atoms with van der Waals surface area (Å²) in [4.78, 5) is 2.60. The fourth-order valence-electron chi connectivity index (χ4n) is 6.57. The van der Waals surface area contributed by atoms with Gasteiger partial charge in [-0.05, 0) is 103 Å². The van der Waals surface area contributed by atoms with E-state index in [1.807, 2.05) is 11.3 Å². The van der Waals surface area contributed by atoms with Crippen LogP contribution in [0.4, 0.5) is 0 Å². The molecule has 1 heterocycles. The van der Waals surface area contributed by atoms with E-state index in [1.165, 1.54) is 76.2 Å². The van der Waals surface area contributed by atoms with Crippen molar-refractivity contribution in [2.75, 3.05) is 0 Å². The first-order valence-corrected chi connectivity index (χ1v) is 15.4. The summed E-state index contributed by atoms with van der Waals surface area (Å²) in [5, 5.41) is 2.56. The highest BCUT2D eigenvalue weighted by molar-refractivity contribution is 7.18. The predicted molar refractivity (Wildman–Crippen MR) is 181 cm³/mol. The minimum Gasteiger partial charge on any atom is -0.135 e. The van der Waals surface area contributed by atoms with Crippen molar-refractivity contribution in [3.05, 3.63) is 157 Å². The van der Waals surface area contributed by atoms with E-state index in [0.717, 1.165) is 0 Å². The molecule has 8 rings (SSSR count). The van der Waals surface area contributed by atoms with Crippen LogP contribution in [-0.4, -0.2) is 0 Å². The van der Waals surface area contributed by atoms with Crippen molar-refractivity contribution in [3.8, 4) is 54.3 Å². The summed E-state index contributed by atoms with van der Waals surface area (Å²) in [6, 6.07) is 53.6. The number of fused-ring (bicyclic) bond motifs is 4. The molecule has 0 radical (unpaired) electrons. The molecule has 0 bridgehead atoms. The Kier molecular flexibility index (Phi) is 5.77. The summed E-state index contributed by atoms with van der Waals surface area (Å²) in [5.41, 5.74) is 13.0. The zero-order chi connectivity index (χ0) is 28.3. The van der Waals surface area contributed by atoms with Gasteiger partial charge >= 0.3 is 0 Å². The van der Waals surface area contributed by atoms with Gasteiger partial charge < -0.3 is 0 Å². The van der Waals surface area contributed by atoms with Crippen molar-refractivity contribution in [1.82, 2.24) is 0 Å². The highest BCUT2D eigenvalue weighted by atomic mass is 32.1. The molecule has 0 atom stereocenters. The molecule has 0 saturated carbocycles. The Morgan fingerprint density at radius 3 is 1.62 bits per heavy atom. The monoisotopic (exact) mass is 554 g/mol. The van der Waals surface area contributed by atoms with Crippen molar-refractivity contribution in [1.29, 1.82) is 0 Å². The standard InChI is InChI=1S/C41H30S/c1-41(2)37-25-32(30-13-8-14-34(24-30)40-22-21-39(42-40)28-10-4-3-5-11-28)17-19-35(37)36-20-18-33(26-38(36)41)31-16-15-27-9-6-7-12-29(27)23-31/h3-26H,1-2H3. The molecule has 7 aromatic rings. The van der Waals surface area contributed by atoms with E-state index in [1.54, 1.807) is 0 Å². The molecule has 0 aliphatic heterocycles. The van der Waals surface area contributed by atoms with E-state index in [9.17, 15) is 0 Å². The summed E-state index contributed by atoms with van der Waals surface area (Å²) in [5.74, 6) is 0. The highest BCUT2D eigenvalue weighted by Crippen LogP contribution is 2.51. The van der Waals surface area contributed by atoms with E-state index in [-0.39, 0.29) is 5.41 Å². The van der Waals surface area contributed by atoms with Gasteiger partial charge in [0, 0.05) is 15.2 Å². The summed E-state index contributed by atoms with van der Waals surface area (Å²) in [6.07, 6.45) is 0. The van der Waals surface area contributed by atoms with Crippen LogP contribution in [0.1, 0.15) is 25.0 Å². The minimum atomic E-state index is -0.0799. The predicted octanol–water partition coefficient (Wildman–Crippen LogP) is 11.9. The van der Waals surface area contributed by atoms with Crippen LogP contribution >= 0.6 is 11.3 Å². The van der Waals surface area contributed by atoms with Gasteiger partial charge in [-0.25, -0.2) is 0 Å². The van der Waals surface area contributed by atoms with E-state index >= 15 is 0 Å². The summed E-state index contributed by atoms with van der Waals surface area (Å²) in [6.45, 7) is 4.75. The van der Waals surface area contributed by atoms with Crippen LogP contribution in [0.15, 0.2) is 146 Å². The smallest absolute Gasteiger partial charge is 0.0349 e. The Morgan fingerprint density at radius 1 is 0.381 bits per heavy atom. The molecule has 200 valence electrons. The molecule has 1 aliphatic carbocycles. The lowest BCUT2D eigenvalue weighted by molar-refractivity contribution is 0.661. The third kappa shape index (κ3) is 4.12. The van der Waals surface area contributed by atoms with Crippen LogP contribution in [0.5, 0.6) is 0 Å². The Hall–Kier alpha value is -4.72. The van der Waals surface area contributed by atoms with Crippen molar-refractivity contribution in [2.24, 2.45) is 0 Å². The molecule has 42 heavy (non-hydrogen) atoms. The van der Waals surface area contributed by atoms with Gasteiger partial charge in [0.25, 0.3) is 0 Å². The Balaban J connectivity index is 1.14. The maximum atomic E-state index is 2.42. The molecule has 6 aromatic carbocycles. The SMILES string of the molecule is CC1(C)c2cc(-c3cccc(-c4ccc(-c5ccccc5)s4)c3)ccc2-c2ccc(-c3ccc4ccccc4c3)cc21. The average Bonchev–Trinajstić information content (AvgIpc) is 3.63. The van der Waals surface area contributed by atoms with Crippen molar-refractivity contribution >= 4 is 22.1 Å². The van der Waals surface area contributed by atoms with Gasteiger partial charge in [-0.2, -0.15) is 0 Å². The van der Waals surface area contributed by atoms with Gasteiger partial charge in [0.2, 0.25) is 0 Å². The molecule has 1 aromatic heterocycles. The van der Waals surface area contributed by atoms with Crippen molar-refractivity contribution in [3.63, 3.8) is 0 Å². The first kappa shape index (κ1) is 25.0. The summed E-state index contributed by atoms with van der Waals surface area (Å²) in [7, 11) is 0. The van der Waals surface area contributed by atoms with Crippen LogP contribution < -0.4 is 0 Å². The molecular formula is C41H30S. The molecule has 1 heteroatoms. The van der Waals surface area contributed by atoms with Crippen LogP contribution in [0.2, 0.25) is 0 Å². The van der Waals surface area contributed by atoms with Crippen molar-refractivity contribution < 1.29 is 0 Å². The second kappa shape index (κ2) is 9.69. The minimum absolute atomic E-state index is 0.0799. The fourth-order valence-corrected chi connectivity index (χ4v) is 7.58. The second-order valence-corrected chi connectivity index (χ2v) is 12.9. The van der Waals surface area contributed by atoms with Gasteiger partial charge in [-0.1, -0.05) is 123 Å². The van der Waals surface area contributed by atoms with Crippen LogP contribution in [-0.2, 0) is 5.41 Å². The Labute approximate surface area is 251 Å². The lowest BCUT2D eigenvalue weighted by Gasteiger charge is -2.22. The van der Waals surface area contributed by atoms with Crippen LogP contribution in [0.3, 0.4) is 0 Å². The number of thiophene rings is 1. The first-order chi connectivity index (χ1) is 20.5. The van der Waals surface area contributed by atoms with Crippen molar-refractivity contribution in [2.45, 2.75) is 19.3 Å². The quantitative estimate of drug-likeness (QED) is 0.203. The number of hydrogen-bond donors (Lipinski definition) is 0. The molecule has 0 nitrogen and oxygen atoms in total. The van der Waals surface area contributed by atoms with E-state index in [4.69, 9.17) is 0 Å². The largest absolute Gasteiger partial charge is 0.135 e. The topological polar surface area (TPSA) is 0 Å².